The molecule has 90 valence electrons. The van der Waals surface area contributed by atoms with Gasteiger partial charge in [-0.05, 0) is 24.1 Å². The molecular weight excluding hydrogens is 286 g/mol. The van der Waals surface area contributed by atoms with E-state index in [9.17, 15) is 0 Å². The number of alkyl halides is 1. The van der Waals surface area contributed by atoms with Crippen LogP contribution in [-0.2, 0) is 5.88 Å². The van der Waals surface area contributed by atoms with Crippen molar-refractivity contribution < 1.29 is 0 Å². The fraction of sp³-hybridized carbons (Fsp3) is 0.538. The van der Waals surface area contributed by atoms with Crippen LogP contribution in [0.1, 0.15) is 31.7 Å². The van der Waals surface area contributed by atoms with Gasteiger partial charge in [-0.15, -0.1) is 11.6 Å². The van der Waals surface area contributed by atoms with E-state index in [4.69, 9.17) is 11.6 Å². The summed E-state index contributed by atoms with van der Waals surface area (Å²) in [4.78, 5) is 2.29. The van der Waals surface area contributed by atoms with Crippen LogP contribution in [0, 0.1) is 0 Å². The molecule has 0 aliphatic rings. The maximum Gasteiger partial charge on any atom is 0.0485 e. The second kappa shape index (κ2) is 7.18. The first-order valence-electron chi connectivity index (χ1n) is 5.74. The average molecular weight is 305 g/mol. The summed E-state index contributed by atoms with van der Waals surface area (Å²) in [7, 11) is 2.14. The number of hydrogen-bond acceptors (Lipinski definition) is 1. The molecule has 0 aliphatic heterocycles. The van der Waals surface area contributed by atoms with Crippen molar-refractivity contribution in [1.82, 2.24) is 0 Å². The lowest BCUT2D eigenvalue weighted by atomic mass is 10.2. The van der Waals surface area contributed by atoms with Crippen LogP contribution in [0.25, 0.3) is 0 Å². The Morgan fingerprint density at radius 1 is 1.31 bits per heavy atom. The van der Waals surface area contributed by atoms with Crippen molar-refractivity contribution in [2.75, 3.05) is 18.5 Å². The van der Waals surface area contributed by atoms with Crippen LogP contribution in [0.2, 0.25) is 0 Å². The van der Waals surface area contributed by atoms with Crippen molar-refractivity contribution in [1.29, 1.82) is 0 Å². The van der Waals surface area contributed by atoms with Gasteiger partial charge in [-0.2, -0.15) is 0 Å². The second-order valence-electron chi connectivity index (χ2n) is 4.04. The smallest absolute Gasteiger partial charge is 0.0485 e. The van der Waals surface area contributed by atoms with Crippen LogP contribution < -0.4 is 4.90 Å². The highest BCUT2D eigenvalue weighted by molar-refractivity contribution is 9.10. The molecule has 0 aromatic heterocycles. The first-order chi connectivity index (χ1) is 7.69. The monoisotopic (exact) mass is 303 g/mol. The van der Waals surface area contributed by atoms with Crippen LogP contribution in [0.4, 0.5) is 5.69 Å². The normalized spacial score (nSPS) is 10.5. The molecule has 0 spiro atoms. The Labute approximate surface area is 112 Å². The topological polar surface area (TPSA) is 3.24 Å². The molecule has 0 amide bonds. The summed E-state index contributed by atoms with van der Waals surface area (Å²) in [6.07, 6.45) is 3.82. The molecule has 1 aromatic carbocycles. The van der Waals surface area contributed by atoms with Crippen molar-refractivity contribution in [2.45, 2.75) is 32.1 Å². The summed E-state index contributed by atoms with van der Waals surface area (Å²) in [5.74, 6) is 0.556. The van der Waals surface area contributed by atoms with Gasteiger partial charge in [0.1, 0.15) is 0 Å². The highest BCUT2D eigenvalue weighted by Crippen LogP contribution is 2.24. The van der Waals surface area contributed by atoms with Gasteiger partial charge in [-0.1, -0.05) is 41.8 Å². The molecule has 0 unspecified atom stereocenters. The lowest BCUT2D eigenvalue weighted by molar-refractivity contribution is 0.705. The van der Waals surface area contributed by atoms with Gasteiger partial charge in [0.05, 0.1) is 0 Å². The molecule has 0 bridgehead atoms. The van der Waals surface area contributed by atoms with E-state index in [0.717, 1.165) is 16.6 Å². The summed E-state index contributed by atoms with van der Waals surface area (Å²) >= 11 is 9.37. The fourth-order valence-electron chi connectivity index (χ4n) is 1.61. The van der Waals surface area contributed by atoms with E-state index >= 15 is 0 Å². The van der Waals surface area contributed by atoms with Crippen LogP contribution >= 0.6 is 27.5 Å². The van der Waals surface area contributed by atoms with E-state index in [1.165, 1.54) is 24.9 Å². The molecule has 0 radical (unpaired) electrons. The highest BCUT2D eigenvalue weighted by Gasteiger charge is 2.04. The molecule has 0 N–H and O–H groups in total. The molecule has 0 atom stereocenters. The minimum absolute atomic E-state index is 0.556. The summed E-state index contributed by atoms with van der Waals surface area (Å²) in [6, 6.07) is 6.36. The number of rotatable bonds is 6. The molecule has 0 heterocycles. The van der Waals surface area contributed by atoms with Gasteiger partial charge in [-0.25, -0.2) is 0 Å². The SMILES string of the molecule is CCCCCN(C)c1ccc(CCl)c(Br)c1. The predicted molar refractivity (Wildman–Crippen MR) is 76.5 cm³/mol. The fourth-order valence-corrected chi connectivity index (χ4v) is 2.51. The Balaban J connectivity index is 2.62. The Bertz CT molecular complexity index is 328. The highest BCUT2D eigenvalue weighted by atomic mass is 79.9. The van der Waals surface area contributed by atoms with Gasteiger partial charge in [0.2, 0.25) is 0 Å². The average Bonchev–Trinajstić information content (AvgIpc) is 2.29. The largest absolute Gasteiger partial charge is 0.375 e. The van der Waals surface area contributed by atoms with Gasteiger partial charge in [0.15, 0.2) is 0 Å². The zero-order valence-corrected chi connectivity index (χ0v) is 12.3. The van der Waals surface area contributed by atoms with Crippen LogP contribution in [0.5, 0.6) is 0 Å². The summed E-state index contributed by atoms with van der Waals surface area (Å²) < 4.78 is 1.10. The lowest BCUT2D eigenvalue weighted by Gasteiger charge is -2.20. The van der Waals surface area contributed by atoms with Crippen LogP contribution in [0.15, 0.2) is 22.7 Å². The van der Waals surface area contributed by atoms with Crippen LogP contribution in [0.3, 0.4) is 0 Å². The molecule has 0 saturated carbocycles. The molecule has 0 saturated heterocycles. The number of anilines is 1. The third-order valence-electron chi connectivity index (χ3n) is 2.72. The molecule has 16 heavy (non-hydrogen) atoms. The zero-order valence-electron chi connectivity index (χ0n) is 9.97. The number of unbranched alkanes of at least 4 members (excludes halogenated alkanes) is 2. The van der Waals surface area contributed by atoms with Crippen molar-refractivity contribution in [2.24, 2.45) is 0 Å². The van der Waals surface area contributed by atoms with Gasteiger partial charge < -0.3 is 4.90 Å². The molecular formula is C13H19BrClN. The Morgan fingerprint density at radius 3 is 2.62 bits per heavy atom. The van der Waals surface area contributed by atoms with E-state index in [0.29, 0.717) is 5.88 Å². The van der Waals surface area contributed by atoms with E-state index in [-0.39, 0.29) is 0 Å². The Morgan fingerprint density at radius 2 is 2.06 bits per heavy atom. The second-order valence-corrected chi connectivity index (χ2v) is 5.16. The van der Waals surface area contributed by atoms with Gasteiger partial charge in [0.25, 0.3) is 0 Å². The summed E-state index contributed by atoms with van der Waals surface area (Å²) in [6.45, 7) is 3.34. The van der Waals surface area contributed by atoms with E-state index < -0.39 is 0 Å². The molecule has 1 nitrogen and oxygen atoms in total. The third kappa shape index (κ3) is 3.99. The summed E-state index contributed by atoms with van der Waals surface area (Å²) in [5, 5.41) is 0. The number of nitrogens with zero attached hydrogens (tertiary/aromatic N) is 1. The van der Waals surface area contributed by atoms with Gasteiger partial charge in [-0.3, -0.25) is 0 Å². The maximum atomic E-state index is 5.82. The predicted octanol–water partition coefficient (Wildman–Crippen LogP) is 4.81. The molecule has 0 aliphatic carbocycles. The van der Waals surface area contributed by atoms with Crippen molar-refractivity contribution >= 4 is 33.2 Å². The lowest BCUT2D eigenvalue weighted by Crippen LogP contribution is -2.18. The first-order valence-corrected chi connectivity index (χ1v) is 7.07. The molecule has 3 heteroatoms. The molecule has 0 fully saturated rings. The quantitative estimate of drug-likeness (QED) is 0.538. The van der Waals surface area contributed by atoms with Crippen LogP contribution in [-0.4, -0.2) is 13.6 Å². The maximum absolute atomic E-state index is 5.82. The number of benzene rings is 1. The van der Waals surface area contributed by atoms with E-state index in [2.05, 4.69) is 53.0 Å². The van der Waals surface area contributed by atoms with E-state index in [1.54, 1.807) is 0 Å². The van der Waals surface area contributed by atoms with Crippen molar-refractivity contribution in [3.8, 4) is 0 Å². The number of hydrogen-bond donors (Lipinski definition) is 0. The standard InChI is InChI=1S/C13H19BrClN/c1-3-4-5-8-16(2)12-7-6-11(10-15)13(14)9-12/h6-7,9H,3-5,8,10H2,1-2H3. The van der Waals surface area contributed by atoms with Crippen molar-refractivity contribution in [3.05, 3.63) is 28.2 Å². The molecule has 1 rings (SSSR count). The molecule has 1 aromatic rings. The van der Waals surface area contributed by atoms with Crippen molar-refractivity contribution in [3.63, 3.8) is 0 Å². The number of halogens is 2. The minimum Gasteiger partial charge on any atom is -0.375 e. The first kappa shape index (κ1) is 13.9. The third-order valence-corrected chi connectivity index (χ3v) is 3.74. The van der Waals surface area contributed by atoms with Gasteiger partial charge >= 0.3 is 0 Å². The zero-order chi connectivity index (χ0) is 12.0. The van der Waals surface area contributed by atoms with E-state index in [1.807, 2.05) is 0 Å². The Hall–Kier alpha value is -0.210. The summed E-state index contributed by atoms with van der Waals surface area (Å²) in [5.41, 5.74) is 2.39. The Kier molecular flexibility index (Phi) is 6.22. The minimum atomic E-state index is 0.556. The van der Waals surface area contributed by atoms with Gasteiger partial charge in [0, 0.05) is 29.6 Å².